The van der Waals surface area contributed by atoms with E-state index in [9.17, 15) is 4.79 Å². The maximum atomic E-state index is 12.5. The minimum absolute atomic E-state index is 0.0710. The van der Waals surface area contributed by atoms with E-state index in [1.54, 1.807) is 11.8 Å². The summed E-state index contributed by atoms with van der Waals surface area (Å²) < 4.78 is 0. The maximum Gasteiger partial charge on any atom is 0.145 e. The fourth-order valence-electron chi connectivity index (χ4n) is 2.58. The zero-order valence-corrected chi connectivity index (χ0v) is 11.7. The van der Waals surface area contributed by atoms with Crippen LogP contribution in [0.25, 0.3) is 0 Å². The van der Waals surface area contributed by atoms with Crippen molar-refractivity contribution in [2.75, 3.05) is 5.75 Å². The van der Waals surface area contributed by atoms with Gasteiger partial charge in [-0.25, -0.2) is 0 Å². The van der Waals surface area contributed by atoms with Gasteiger partial charge < -0.3 is 0 Å². The molecule has 1 nitrogen and oxygen atoms in total. The average Bonchev–Trinajstić information content (AvgIpc) is 2.82. The number of hydrogen-bond acceptors (Lipinski definition) is 2. The molecule has 0 aromatic heterocycles. The maximum absolute atomic E-state index is 12.5. The van der Waals surface area contributed by atoms with E-state index in [0.717, 1.165) is 11.3 Å². The summed E-state index contributed by atoms with van der Waals surface area (Å²) in [7, 11) is 0. The lowest BCUT2D eigenvalue weighted by molar-refractivity contribution is -0.119. The van der Waals surface area contributed by atoms with Crippen LogP contribution >= 0.6 is 11.8 Å². The first kappa shape index (κ1) is 12.5. The summed E-state index contributed by atoms with van der Waals surface area (Å²) >= 11 is 1.80. The van der Waals surface area contributed by atoms with Gasteiger partial charge in [-0.1, -0.05) is 48.0 Å². The van der Waals surface area contributed by atoms with Crippen LogP contribution in [0.15, 0.2) is 53.4 Å². The highest BCUT2D eigenvalue weighted by Crippen LogP contribution is 2.40. The van der Waals surface area contributed by atoms with E-state index in [2.05, 4.69) is 31.2 Å². The zero-order chi connectivity index (χ0) is 13.2. The predicted molar refractivity (Wildman–Crippen MR) is 79.8 cm³/mol. The first-order valence-electron chi connectivity index (χ1n) is 6.54. The number of carbonyl (C=O) groups excluding carboxylic acids is 1. The molecule has 0 fully saturated rings. The van der Waals surface area contributed by atoms with Crippen LogP contribution in [0.1, 0.15) is 22.6 Å². The predicted octanol–water partition coefficient (Wildman–Crippen LogP) is 4.00. The van der Waals surface area contributed by atoms with Crippen molar-refractivity contribution in [2.45, 2.75) is 24.2 Å². The van der Waals surface area contributed by atoms with Crippen molar-refractivity contribution in [3.8, 4) is 0 Å². The Labute approximate surface area is 118 Å². The number of carbonyl (C=O) groups is 1. The molecule has 2 aromatic rings. The quantitative estimate of drug-likeness (QED) is 0.837. The van der Waals surface area contributed by atoms with E-state index in [0.29, 0.717) is 12.2 Å². The molecule has 1 unspecified atom stereocenters. The Balaban J connectivity index is 1.79. The number of thioether (sulfide) groups is 1. The summed E-state index contributed by atoms with van der Waals surface area (Å²) in [5.41, 5.74) is 3.55. The van der Waals surface area contributed by atoms with Gasteiger partial charge in [-0.3, -0.25) is 4.79 Å². The molecule has 0 N–H and O–H groups in total. The largest absolute Gasteiger partial charge is 0.299 e. The molecule has 19 heavy (non-hydrogen) atoms. The highest BCUT2D eigenvalue weighted by molar-refractivity contribution is 7.99. The lowest BCUT2D eigenvalue weighted by atomic mass is 9.92. The van der Waals surface area contributed by atoms with E-state index < -0.39 is 0 Å². The molecule has 1 atom stereocenters. The number of hydrogen-bond donors (Lipinski definition) is 0. The Bertz CT molecular complexity index is 618. The summed E-state index contributed by atoms with van der Waals surface area (Å²) in [6.45, 7) is 2.06. The van der Waals surface area contributed by atoms with Crippen molar-refractivity contribution in [2.24, 2.45) is 0 Å². The van der Waals surface area contributed by atoms with Crippen LogP contribution in [0.3, 0.4) is 0 Å². The minimum atomic E-state index is 0.0710. The van der Waals surface area contributed by atoms with Crippen LogP contribution < -0.4 is 0 Å². The molecule has 1 aliphatic rings. The number of Topliss-reactive ketones (excluding diaryl/α,β-unsaturated/α-hetero) is 1. The fourth-order valence-corrected chi connectivity index (χ4v) is 3.84. The van der Waals surface area contributed by atoms with E-state index in [1.165, 1.54) is 16.0 Å². The molecule has 2 heteroatoms. The molecule has 0 amide bonds. The summed E-state index contributed by atoms with van der Waals surface area (Å²) in [5.74, 6) is 1.30. The fraction of sp³-hybridized carbons (Fsp3) is 0.235. The summed E-state index contributed by atoms with van der Waals surface area (Å²) in [4.78, 5) is 13.7. The Kier molecular flexibility index (Phi) is 3.43. The molecule has 0 saturated carbocycles. The molecule has 1 aliphatic heterocycles. The average molecular weight is 268 g/mol. The highest BCUT2D eigenvalue weighted by atomic mass is 32.2. The Hall–Kier alpha value is -1.54. The molecule has 3 rings (SSSR count). The van der Waals surface area contributed by atoms with Crippen LogP contribution in [0.4, 0.5) is 0 Å². The Morgan fingerprint density at radius 3 is 2.89 bits per heavy atom. The van der Waals surface area contributed by atoms with Crippen molar-refractivity contribution < 1.29 is 4.79 Å². The molecule has 0 saturated heterocycles. The van der Waals surface area contributed by atoms with Gasteiger partial charge in [0.15, 0.2) is 0 Å². The SMILES string of the molecule is Cc1cccc(CC(=O)C2CSc3ccccc32)c1. The molecule has 0 aliphatic carbocycles. The highest BCUT2D eigenvalue weighted by Gasteiger charge is 2.28. The zero-order valence-electron chi connectivity index (χ0n) is 10.9. The Morgan fingerprint density at radius 1 is 1.21 bits per heavy atom. The van der Waals surface area contributed by atoms with Crippen LogP contribution in [-0.2, 0) is 11.2 Å². The van der Waals surface area contributed by atoms with Gasteiger partial charge in [-0.05, 0) is 24.1 Å². The van der Waals surface area contributed by atoms with Crippen LogP contribution in [0.5, 0.6) is 0 Å². The molecule has 1 heterocycles. The van der Waals surface area contributed by atoms with Gasteiger partial charge in [-0.15, -0.1) is 11.8 Å². The van der Waals surface area contributed by atoms with Crippen LogP contribution in [0, 0.1) is 6.92 Å². The van der Waals surface area contributed by atoms with Gasteiger partial charge >= 0.3 is 0 Å². The van der Waals surface area contributed by atoms with Gasteiger partial charge in [0, 0.05) is 17.1 Å². The van der Waals surface area contributed by atoms with Crippen molar-refractivity contribution in [3.05, 3.63) is 65.2 Å². The monoisotopic (exact) mass is 268 g/mol. The first-order valence-corrected chi connectivity index (χ1v) is 7.52. The molecular weight excluding hydrogens is 252 g/mol. The standard InChI is InChI=1S/C17H16OS/c1-12-5-4-6-13(9-12)10-16(18)15-11-19-17-8-3-2-7-14(15)17/h2-9,15H,10-11H2,1H3. The van der Waals surface area contributed by atoms with Crippen LogP contribution in [-0.4, -0.2) is 11.5 Å². The van der Waals surface area contributed by atoms with Gasteiger partial charge in [0.1, 0.15) is 5.78 Å². The van der Waals surface area contributed by atoms with Crippen molar-refractivity contribution >= 4 is 17.5 Å². The summed E-state index contributed by atoms with van der Waals surface area (Å²) in [6, 6.07) is 16.5. The number of fused-ring (bicyclic) bond motifs is 1. The second-order valence-electron chi connectivity index (χ2n) is 5.03. The minimum Gasteiger partial charge on any atom is -0.299 e. The molecule has 96 valence electrons. The third-order valence-corrected chi connectivity index (χ3v) is 4.73. The smallest absolute Gasteiger partial charge is 0.145 e. The van der Waals surface area contributed by atoms with E-state index in [4.69, 9.17) is 0 Å². The number of aryl methyl sites for hydroxylation is 1. The number of benzene rings is 2. The summed E-state index contributed by atoms with van der Waals surface area (Å²) in [6.07, 6.45) is 0.543. The molecule has 0 spiro atoms. The first-order chi connectivity index (χ1) is 9.24. The number of rotatable bonds is 3. The second kappa shape index (κ2) is 5.22. The summed E-state index contributed by atoms with van der Waals surface area (Å²) in [5, 5.41) is 0. The van der Waals surface area contributed by atoms with E-state index in [1.807, 2.05) is 24.3 Å². The van der Waals surface area contributed by atoms with Gasteiger partial charge in [0.25, 0.3) is 0 Å². The molecule has 0 radical (unpaired) electrons. The lowest BCUT2D eigenvalue weighted by Crippen LogP contribution is -2.14. The third kappa shape index (κ3) is 2.59. The topological polar surface area (TPSA) is 17.1 Å². The molecular formula is C17H16OS. The van der Waals surface area contributed by atoms with Gasteiger partial charge in [-0.2, -0.15) is 0 Å². The lowest BCUT2D eigenvalue weighted by Gasteiger charge is -2.10. The van der Waals surface area contributed by atoms with E-state index in [-0.39, 0.29) is 5.92 Å². The van der Waals surface area contributed by atoms with Crippen molar-refractivity contribution in [1.29, 1.82) is 0 Å². The van der Waals surface area contributed by atoms with Gasteiger partial charge in [0.2, 0.25) is 0 Å². The van der Waals surface area contributed by atoms with Crippen LogP contribution in [0.2, 0.25) is 0 Å². The van der Waals surface area contributed by atoms with Crippen molar-refractivity contribution in [3.63, 3.8) is 0 Å². The number of ketones is 1. The Morgan fingerprint density at radius 2 is 2.05 bits per heavy atom. The second-order valence-corrected chi connectivity index (χ2v) is 6.10. The van der Waals surface area contributed by atoms with E-state index >= 15 is 0 Å². The third-order valence-electron chi connectivity index (χ3n) is 3.55. The normalized spacial score (nSPS) is 17.2. The molecule has 0 bridgehead atoms. The van der Waals surface area contributed by atoms with Crippen molar-refractivity contribution in [1.82, 2.24) is 0 Å². The van der Waals surface area contributed by atoms with Gasteiger partial charge in [0.05, 0.1) is 5.92 Å². The molecule has 2 aromatic carbocycles.